The first kappa shape index (κ1) is 12.9. The summed E-state index contributed by atoms with van der Waals surface area (Å²) >= 11 is 0. The van der Waals surface area contributed by atoms with Crippen LogP contribution in [0.15, 0.2) is 0 Å². The van der Waals surface area contributed by atoms with Crippen molar-refractivity contribution in [2.45, 2.75) is 25.7 Å². The highest BCUT2D eigenvalue weighted by Crippen LogP contribution is 1.99. The molecule has 0 saturated heterocycles. The van der Waals surface area contributed by atoms with Crippen LogP contribution in [0.2, 0.25) is 0 Å². The summed E-state index contributed by atoms with van der Waals surface area (Å²) in [5, 5.41) is 0. The Morgan fingerprint density at radius 2 is 1.86 bits per heavy atom. The third kappa shape index (κ3) is 8.99. The molecule has 0 bridgehead atoms. The second-order valence-electron chi connectivity index (χ2n) is 2.91. The van der Waals surface area contributed by atoms with Crippen molar-refractivity contribution in [3.05, 3.63) is 0 Å². The van der Waals surface area contributed by atoms with Crippen LogP contribution in [0.1, 0.15) is 25.7 Å². The van der Waals surface area contributed by atoms with Gasteiger partial charge in [0.2, 0.25) is 0 Å². The Bertz CT molecular complexity index is 182. The van der Waals surface area contributed by atoms with E-state index in [0.717, 1.165) is 12.8 Å². The van der Waals surface area contributed by atoms with Crippen molar-refractivity contribution in [3.8, 4) is 0 Å². The van der Waals surface area contributed by atoms with Gasteiger partial charge in [-0.3, -0.25) is 4.79 Å². The van der Waals surface area contributed by atoms with E-state index in [9.17, 15) is 9.59 Å². The number of ketones is 1. The van der Waals surface area contributed by atoms with Gasteiger partial charge in [0.25, 0.3) is 0 Å². The fourth-order valence-electron chi connectivity index (χ4n) is 0.959. The molecule has 0 fully saturated rings. The Hall–Kier alpha value is -1.10. The van der Waals surface area contributed by atoms with Gasteiger partial charge in [0, 0.05) is 26.6 Å². The molecule has 14 heavy (non-hydrogen) atoms. The van der Waals surface area contributed by atoms with Crippen LogP contribution in [0.4, 0.5) is 4.79 Å². The molecule has 0 aromatic heterocycles. The zero-order valence-corrected chi connectivity index (χ0v) is 8.45. The summed E-state index contributed by atoms with van der Waals surface area (Å²) in [5.74, 6) is 0.0855. The second-order valence-corrected chi connectivity index (χ2v) is 2.91. The molecule has 0 radical (unpaired) electrons. The zero-order chi connectivity index (χ0) is 10.8. The Morgan fingerprint density at radius 3 is 2.43 bits per heavy atom. The van der Waals surface area contributed by atoms with Crippen LogP contribution in [0.3, 0.4) is 0 Å². The maximum atomic E-state index is 11.1. The van der Waals surface area contributed by atoms with E-state index >= 15 is 0 Å². The quantitative estimate of drug-likeness (QED) is 0.593. The lowest BCUT2D eigenvalue weighted by Crippen LogP contribution is -2.15. The number of nitrogens with two attached hydrogens (primary N) is 1. The molecule has 82 valence electrons. The molecule has 0 atom stereocenters. The van der Waals surface area contributed by atoms with Crippen LogP contribution in [0.25, 0.3) is 0 Å². The summed E-state index contributed by atoms with van der Waals surface area (Å²) in [7, 11) is 1.63. The minimum atomic E-state index is -0.836. The van der Waals surface area contributed by atoms with Gasteiger partial charge in [0.15, 0.2) is 0 Å². The van der Waals surface area contributed by atoms with Crippen molar-refractivity contribution >= 4 is 11.9 Å². The van der Waals surface area contributed by atoms with Gasteiger partial charge < -0.3 is 15.2 Å². The first-order chi connectivity index (χ1) is 6.66. The van der Waals surface area contributed by atoms with Gasteiger partial charge in [0.05, 0.1) is 0 Å². The van der Waals surface area contributed by atoms with Gasteiger partial charge in [-0.05, 0) is 12.8 Å². The number of amides is 1. The number of hydrogen-bond acceptors (Lipinski definition) is 4. The maximum absolute atomic E-state index is 11.1. The van der Waals surface area contributed by atoms with Crippen LogP contribution in [-0.2, 0) is 14.3 Å². The van der Waals surface area contributed by atoms with Crippen molar-refractivity contribution in [1.82, 2.24) is 0 Å². The average Bonchev–Trinajstić information content (AvgIpc) is 2.12. The van der Waals surface area contributed by atoms with Crippen molar-refractivity contribution in [3.63, 3.8) is 0 Å². The molecule has 1 amide bonds. The summed E-state index contributed by atoms with van der Waals surface area (Å²) in [6.45, 7) is 0.753. The Morgan fingerprint density at radius 1 is 1.14 bits per heavy atom. The number of rotatable bonds is 8. The van der Waals surface area contributed by atoms with E-state index < -0.39 is 6.09 Å². The lowest BCUT2D eigenvalue weighted by Gasteiger charge is -2.01. The molecule has 0 aromatic carbocycles. The maximum Gasteiger partial charge on any atom is 0.404 e. The minimum absolute atomic E-state index is 0.0818. The largest absolute Gasteiger partial charge is 0.449 e. The summed E-state index contributed by atoms with van der Waals surface area (Å²) in [5.41, 5.74) is 4.73. The first-order valence-corrected chi connectivity index (χ1v) is 4.59. The SMILES string of the molecule is COCCCCC(=O)CCOC(N)=O. The lowest BCUT2D eigenvalue weighted by molar-refractivity contribution is -0.119. The van der Waals surface area contributed by atoms with E-state index in [-0.39, 0.29) is 18.8 Å². The van der Waals surface area contributed by atoms with Gasteiger partial charge in [-0.1, -0.05) is 0 Å². The fourth-order valence-corrected chi connectivity index (χ4v) is 0.959. The predicted molar refractivity (Wildman–Crippen MR) is 50.9 cm³/mol. The van der Waals surface area contributed by atoms with E-state index in [2.05, 4.69) is 4.74 Å². The number of methoxy groups -OCH3 is 1. The molecule has 2 N–H and O–H groups in total. The number of ether oxygens (including phenoxy) is 2. The summed E-state index contributed by atoms with van der Waals surface area (Å²) in [6.07, 6.45) is 1.60. The molecule has 0 unspecified atom stereocenters. The van der Waals surface area contributed by atoms with E-state index in [1.807, 2.05) is 0 Å². The average molecular weight is 203 g/mol. The van der Waals surface area contributed by atoms with Crippen LogP contribution < -0.4 is 5.73 Å². The summed E-state index contributed by atoms with van der Waals surface area (Å²) < 4.78 is 9.27. The van der Waals surface area contributed by atoms with Gasteiger partial charge in [-0.25, -0.2) is 4.79 Å². The molecule has 5 nitrogen and oxygen atoms in total. The van der Waals surface area contributed by atoms with Crippen LogP contribution in [0, 0.1) is 0 Å². The molecule has 0 saturated carbocycles. The van der Waals surface area contributed by atoms with Gasteiger partial charge in [-0.15, -0.1) is 0 Å². The van der Waals surface area contributed by atoms with Crippen molar-refractivity contribution < 1.29 is 19.1 Å². The zero-order valence-electron chi connectivity index (χ0n) is 8.45. The number of Topliss-reactive ketones (excluding diaryl/α,β-unsaturated/α-hetero) is 1. The molecule has 0 aliphatic rings. The van der Waals surface area contributed by atoms with Gasteiger partial charge in [-0.2, -0.15) is 0 Å². The monoisotopic (exact) mass is 203 g/mol. The highest BCUT2D eigenvalue weighted by atomic mass is 16.5. The number of hydrogen-bond donors (Lipinski definition) is 1. The van der Waals surface area contributed by atoms with Gasteiger partial charge in [0.1, 0.15) is 12.4 Å². The smallest absolute Gasteiger partial charge is 0.404 e. The molecule has 0 aromatic rings. The first-order valence-electron chi connectivity index (χ1n) is 4.59. The number of unbranched alkanes of at least 4 members (excludes halogenated alkanes) is 1. The van der Waals surface area contributed by atoms with Crippen molar-refractivity contribution in [2.24, 2.45) is 5.73 Å². The number of carbonyl (C=O) groups is 2. The summed E-state index contributed by atoms with van der Waals surface area (Å²) in [6, 6.07) is 0. The third-order valence-corrected chi connectivity index (χ3v) is 1.68. The molecular weight excluding hydrogens is 186 g/mol. The molecule has 0 aliphatic heterocycles. The number of primary amides is 1. The Kier molecular flexibility index (Phi) is 7.83. The fraction of sp³-hybridized carbons (Fsp3) is 0.778. The van der Waals surface area contributed by atoms with Gasteiger partial charge >= 0.3 is 6.09 Å². The topological polar surface area (TPSA) is 78.6 Å². The lowest BCUT2D eigenvalue weighted by atomic mass is 10.1. The summed E-state index contributed by atoms with van der Waals surface area (Å²) in [4.78, 5) is 21.3. The standard InChI is InChI=1S/C9H17NO4/c1-13-6-3-2-4-8(11)5-7-14-9(10)12/h2-7H2,1H3,(H2,10,12). The van der Waals surface area contributed by atoms with E-state index in [0.29, 0.717) is 13.0 Å². The molecule has 5 heteroatoms. The van der Waals surface area contributed by atoms with E-state index in [1.165, 1.54) is 0 Å². The molecule has 0 spiro atoms. The number of carbonyl (C=O) groups excluding carboxylic acids is 2. The van der Waals surface area contributed by atoms with E-state index in [4.69, 9.17) is 10.5 Å². The molecule has 0 rings (SSSR count). The van der Waals surface area contributed by atoms with Crippen LogP contribution in [0.5, 0.6) is 0 Å². The minimum Gasteiger partial charge on any atom is -0.449 e. The normalized spacial score (nSPS) is 9.79. The van der Waals surface area contributed by atoms with Crippen molar-refractivity contribution in [1.29, 1.82) is 0 Å². The highest BCUT2D eigenvalue weighted by Gasteiger charge is 2.02. The Labute approximate surface area is 83.5 Å². The molecule has 0 aliphatic carbocycles. The third-order valence-electron chi connectivity index (χ3n) is 1.68. The van der Waals surface area contributed by atoms with Crippen LogP contribution in [-0.4, -0.2) is 32.2 Å². The second kappa shape index (κ2) is 8.50. The van der Waals surface area contributed by atoms with E-state index in [1.54, 1.807) is 7.11 Å². The van der Waals surface area contributed by atoms with Crippen LogP contribution >= 0.6 is 0 Å². The van der Waals surface area contributed by atoms with Crippen molar-refractivity contribution in [2.75, 3.05) is 20.3 Å². The molecular formula is C9H17NO4. The predicted octanol–water partition coefficient (Wildman–Crippen LogP) is 0.858. The molecule has 0 heterocycles. The Balaban J connectivity index is 3.24. The highest BCUT2D eigenvalue weighted by molar-refractivity contribution is 5.78.